The molecule has 6 nitrogen and oxygen atoms in total. The lowest BCUT2D eigenvalue weighted by Crippen LogP contribution is -2.35. The molecule has 1 saturated heterocycles. The summed E-state index contributed by atoms with van der Waals surface area (Å²) in [7, 11) is -3.54. The molecule has 1 aromatic heterocycles. The van der Waals surface area contributed by atoms with E-state index in [2.05, 4.69) is 5.32 Å². The van der Waals surface area contributed by atoms with Crippen LogP contribution in [0.4, 0.5) is 5.69 Å². The van der Waals surface area contributed by atoms with E-state index in [1.807, 2.05) is 30.9 Å². The van der Waals surface area contributed by atoms with Crippen LogP contribution in [0.15, 0.2) is 35.2 Å². The minimum absolute atomic E-state index is 0.171. The molecule has 0 bridgehead atoms. The van der Waals surface area contributed by atoms with Crippen molar-refractivity contribution in [3.05, 3.63) is 45.1 Å². The number of sulfonamides is 1. The average Bonchev–Trinajstić information content (AvgIpc) is 3.14. The van der Waals surface area contributed by atoms with Gasteiger partial charge in [-0.3, -0.25) is 9.69 Å². The van der Waals surface area contributed by atoms with Crippen LogP contribution in [0.3, 0.4) is 0 Å². The van der Waals surface area contributed by atoms with E-state index in [1.54, 1.807) is 18.2 Å². The summed E-state index contributed by atoms with van der Waals surface area (Å²) in [5, 5.41) is 2.90. The number of hydrogen-bond acceptors (Lipinski definition) is 5. The number of carbonyl (C=O) groups excluding carboxylic acids is 1. The fourth-order valence-electron chi connectivity index (χ4n) is 3.48. The van der Waals surface area contributed by atoms with Crippen molar-refractivity contribution < 1.29 is 13.2 Å². The van der Waals surface area contributed by atoms with Crippen LogP contribution < -0.4 is 5.32 Å². The third kappa shape index (κ3) is 5.82. The second-order valence-electron chi connectivity index (χ2n) is 7.50. The maximum absolute atomic E-state index is 13.0. The van der Waals surface area contributed by atoms with Gasteiger partial charge in [0.05, 0.1) is 15.8 Å². The highest BCUT2D eigenvalue weighted by molar-refractivity contribution is 7.89. The van der Waals surface area contributed by atoms with Crippen molar-refractivity contribution in [1.29, 1.82) is 0 Å². The number of piperidine rings is 1. The van der Waals surface area contributed by atoms with Gasteiger partial charge in [-0.05, 0) is 56.1 Å². The molecule has 1 aromatic carbocycles. The van der Waals surface area contributed by atoms with Gasteiger partial charge in [-0.25, -0.2) is 8.42 Å². The molecule has 1 N–H and O–H groups in total. The van der Waals surface area contributed by atoms with E-state index in [-0.39, 0.29) is 17.3 Å². The Balaban J connectivity index is 1.69. The molecule has 9 heteroatoms. The molecule has 0 atom stereocenters. The molecule has 3 rings (SSSR count). The van der Waals surface area contributed by atoms with Crippen LogP contribution >= 0.6 is 22.9 Å². The Bertz CT molecular complexity index is 985. The number of nitrogens with one attached hydrogen (secondary N) is 1. The lowest BCUT2D eigenvalue weighted by atomic mass is 10.2. The van der Waals surface area contributed by atoms with E-state index in [1.165, 1.54) is 15.6 Å². The summed E-state index contributed by atoms with van der Waals surface area (Å²) in [4.78, 5) is 16.0. The molecule has 1 aliphatic heterocycles. The molecule has 164 valence electrons. The first-order valence-electron chi connectivity index (χ1n) is 10.2. The highest BCUT2D eigenvalue weighted by Gasteiger charge is 2.26. The molecule has 0 radical (unpaired) electrons. The van der Waals surface area contributed by atoms with Gasteiger partial charge in [0, 0.05) is 30.2 Å². The molecule has 1 fully saturated rings. The summed E-state index contributed by atoms with van der Waals surface area (Å²) in [6, 6.07) is 8.76. The molecule has 0 unspecified atom stereocenters. The number of anilines is 1. The van der Waals surface area contributed by atoms with Gasteiger partial charge in [0.1, 0.15) is 0 Å². The Morgan fingerprint density at radius 2 is 1.93 bits per heavy atom. The first-order chi connectivity index (χ1) is 14.3. The van der Waals surface area contributed by atoms with Gasteiger partial charge >= 0.3 is 0 Å². The van der Waals surface area contributed by atoms with E-state index in [0.717, 1.165) is 34.0 Å². The topological polar surface area (TPSA) is 69.7 Å². The van der Waals surface area contributed by atoms with Crippen molar-refractivity contribution in [2.45, 2.75) is 44.6 Å². The SMILES string of the molecule is CCN(CC(=O)Nc1cc(S(=O)(=O)N2CCCCC2)ccc1C)Cc1ccc(Cl)s1. The monoisotopic (exact) mass is 469 g/mol. The van der Waals surface area contributed by atoms with Crippen LogP contribution in [-0.4, -0.2) is 49.7 Å². The Kier molecular flexibility index (Phi) is 7.92. The quantitative estimate of drug-likeness (QED) is 0.624. The lowest BCUT2D eigenvalue weighted by Gasteiger charge is -2.26. The summed E-state index contributed by atoms with van der Waals surface area (Å²) in [6.07, 6.45) is 2.83. The maximum atomic E-state index is 13.0. The molecule has 0 spiro atoms. The molecule has 0 aliphatic carbocycles. The van der Waals surface area contributed by atoms with Gasteiger partial charge < -0.3 is 5.32 Å². The van der Waals surface area contributed by atoms with Gasteiger partial charge in [-0.15, -0.1) is 11.3 Å². The molecule has 2 aromatic rings. The van der Waals surface area contributed by atoms with Crippen molar-refractivity contribution in [2.24, 2.45) is 0 Å². The number of carbonyl (C=O) groups is 1. The number of thiophene rings is 1. The van der Waals surface area contributed by atoms with Crippen molar-refractivity contribution in [1.82, 2.24) is 9.21 Å². The van der Waals surface area contributed by atoms with E-state index in [4.69, 9.17) is 11.6 Å². The number of rotatable bonds is 8. The largest absolute Gasteiger partial charge is 0.325 e. The van der Waals surface area contributed by atoms with Crippen LogP contribution in [-0.2, 0) is 21.4 Å². The number of amides is 1. The van der Waals surface area contributed by atoms with Crippen LogP contribution in [0.2, 0.25) is 4.34 Å². The van der Waals surface area contributed by atoms with E-state index >= 15 is 0 Å². The first-order valence-corrected chi connectivity index (χ1v) is 12.8. The summed E-state index contributed by atoms with van der Waals surface area (Å²) < 4.78 is 28.2. The molecular formula is C21H28ClN3O3S2. The van der Waals surface area contributed by atoms with Gasteiger partial charge in [0.2, 0.25) is 15.9 Å². The third-order valence-corrected chi connectivity index (χ3v) is 8.37. The number of aryl methyl sites for hydroxylation is 1. The highest BCUT2D eigenvalue weighted by atomic mass is 35.5. The van der Waals surface area contributed by atoms with Crippen LogP contribution in [0.25, 0.3) is 0 Å². The zero-order chi connectivity index (χ0) is 21.7. The van der Waals surface area contributed by atoms with Gasteiger partial charge in [-0.2, -0.15) is 4.31 Å². The molecule has 0 saturated carbocycles. The zero-order valence-electron chi connectivity index (χ0n) is 17.4. The second kappa shape index (κ2) is 10.2. The Labute approximate surface area is 187 Å². The van der Waals surface area contributed by atoms with Crippen molar-refractivity contribution in [2.75, 3.05) is 31.5 Å². The Morgan fingerprint density at radius 1 is 1.20 bits per heavy atom. The van der Waals surface area contributed by atoms with Crippen LogP contribution in [0.5, 0.6) is 0 Å². The van der Waals surface area contributed by atoms with Crippen LogP contribution in [0.1, 0.15) is 36.6 Å². The molecule has 30 heavy (non-hydrogen) atoms. The van der Waals surface area contributed by atoms with Gasteiger partial charge in [0.15, 0.2) is 0 Å². The number of nitrogens with zero attached hydrogens (tertiary/aromatic N) is 2. The van der Waals surface area contributed by atoms with E-state index in [0.29, 0.717) is 31.9 Å². The minimum Gasteiger partial charge on any atom is -0.325 e. The summed E-state index contributed by atoms with van der Waals surface area (Å²) in [5.74, 6) is -0.171. The van der Waals surface area contributed by atoms with E-state index in [9.17, 15) is 13.2 Å². The summed E-state index contributed by atoms with van der Waals surface area (Å²) >= 11 is 7.50. The number of halogens is 1. The zero-order valence-corrected chi connectivity index (χ0v) is 19.7. The van der Waals surface area contributed by atoms with Crippen molar-refractivity contribution in [3.8, 4) is 0 Å². The van der Waals surface area contributed by atoms with Gasteiger partial charge in [-0.1, -0.05) is 31.0 Å². The second-order valence-corrected chi connectivity index (χ2v) is 11.2. The number of benzene rings is 1. The highest BCUT2D eigenvalue weighted by Crippen LogP contribution is 2.26. The molecule has 1 amide bonds. The predicted octanol–water partition coefficient (Wildman–Crippen LogP) is 4.35. The average molecular weight is 470 g/mol. The van der Waals surface area contributed by atoms with E-state index < -0.39 is 10.0 Å². The third-order valence-electron chi connectivity index (χ3n) is 5.26. The predicted molar refractivity (Wildman–Crippen MR) is 123 cm³/mol. The van der Waals surface area contributed by atoms with Gasteiger partial charge in [0.25, 0.3) is 0 Å². The normalized spacial score (nSPS) is 15.5. The first kappa shape index (κ1) is 23.2. The Hall–Kier alpha value is -1.45. The van der Waals surface area contributed by atoms with Crippen molar-refractivity contribution in [3.63, 3.8) is 0 Å². The maximum Gasteiger partial charge on any atom is 0.243 e. The summed E-state index contributed by atoms with van der Waals surface area (Å²) in [6.45, 7) is 6.54. The molecule has 1 aliphatic rings. The fraction of sp³-hybridized carbons (Fsp3) is 0.476. The number of likely N-dealkylation sites (N-methyl/N-ethyl adjacent to an activating group) is 1. The molecule has 2 heterocycles. The smallest absolute Gasteiger partial charge is 0.243 e. The number of hydrogen-bond donors (Lipinski definition) is 1. The summed E-state index contributed by atoms with van der Waals surface area (Å²) in [5.41, 5.74) is 1.36. The Morgan fingerprint density at radius 3 is 2.57 bits per heavy atom. The molecular weight excluding hydrogens is 442 g/mol. The van der Waals surface area contributed by atoms with Crippen LogP contribution in [0, 0.1) is 6.92 Å². The standard InChI is InChI=1S/C21H28ClN3O3S2/c1-3-24(14-17-8-10-20(22)29-17)15-21(26)23-19-13-18(9-7-16(19)2)30(27,28)25-11-5-4-6-12-25/h7-10,13H,3-6,11-12,14-15H2,1-2H3,(H,23,26). The van der Waals surface area contributed by atoms with Crippen molar-refractivity contribution >= 4 is 44.6 Å². The lowest BCUT2D eigenvalue weighted by molar-refractivity contribution is -0.117. The minimum atomic E-state index is -3.54. The fourth-order valence-corrected chi connectivity index (χ4v) is 6.15.